The van der Waals surface area contributed by atoms with Gasteiger partial charge in [0.2, 0.25) is 5.91 Å². The monoisotopic (exact) mass is 272 g/mol. The summed E-state index contributed by atoms with van der Waals surface area (Å²) in [5.41, 5.74) is 6.04. The molecule has 1 rings (SSSR count). The molecular formula is C14H28N2OS. The Kier molecular flexibility index (Phi) is 5.99. The lowest BCUT2D eigenvalue weighted by atomic mass is 9.85. The van der Waals surface area contributed by atoms with E-state index in [4.69, 9.17) is 5.73 Å². The molecule has 0 spiro atoms. The van der Waals surface area contributed by atoms with Crippen LogP contribution in [-0.2, 0) is 4.79 Å². The van der Waals surface area contributed by atoms with Crippen molar-refractivity contribution >= 4 is 17.7 Å². The van der Waals surface area contributed by atoms with E-state index in [0.29, 0.717) is 17.7 Å². The first-order valence-corrected chi connectivity index (χ1v) is 8.06. The molecule has 1 fully saturated rings. The standard InChI is InChI=1S/C14H28N2OS/c1-5-18-11-8-6-7-10(11)16-13(17)9-12(15)14(2,3)4/h10-12H,5-9,15H2,1-4H3,(H,16,17). The zero-order valence-corrected chi connectivity index (χ0v) is 13.0. The Labute approximate surface area is 116 Å². The fraction of sp³-hybridized carbons (Fsp3) is 0.929. The van der Waals surface area contributed by atoms with E-state index in [1.807, 2.05) is 11.8 Å². The second-order valence-electron chi connectivity index (χ2n) is 6.28. The van der Waals surface area contributed by atoms with Crippen LogP contribution in [0.1, 0.15) is 53.4 Å². The Morgan fingerprint density at radius 1 is 1.44 bits per heavy atom. The summed E-state index contributed by atoms with van der Waals surface area (Å²) in [6, 6.07) is 0.283. The molecule has 0 aromatic carbocycles. The van der Waals surface area contributed by atoms with Crippen molar-refractivity contribution in [2.75, 3.05) is 5.75 Å². The summed E-state index contributed by atoms with van der Waals surface area (Å²) in [4.78, 5) is 12.0. The lowest BCUT2D eigenvalue weighted by Crippen LogP contribution is -2.44. The number of hydrogen-bond donors (Lipinski definition) is 2. The molecule has 0 aromatic rings. The zero-order chi connectivity index (χ0) is 13.8. The molecule has 0 aromatic heterocycles. The highest BCUT2D eigenvalue weighted by molar-refractivity contribution is 7.99. The Morgan fingerprint density at radius 2 is 2.11 bits per heavy atom. The van der Waals surface area contributed by atoms with Gasteiger partial charge in [0.25, 0.3) is 0 Å². The van der Waals surface area contributed by atoms with Crippen molar-refractivity contribution in [1.29, 1.82) is 0 Å². The highest BCUT2D eigenvalue weighted by Gasteiger charge is 2.30. The third-order valence-electron chi connectivity index (χ3n) is 3.70. The van der Waals surface area contributed by atoms with E-state index >= 15 is 0 Å². The molecule has 1 aliphatic carbocycles. The van der Waals surface area contributed by atoms with Gasteiger partial charge >= 0.3 is 0 Å². The van der Waals surface area contributed by atoms with Crippen LogP contribution in [0.15, 0.2) is 0 Å². The van der Waals surface area contributed by atoms with Crippen LogP contribution in [0.4, 0.5) is 0 Å². The molecule has 1 amide bonds. The molecule has 3 atom stereocenters. The summed E-state index contributed by atoms with van der Waals surface area (Å²) >= 11 is 1.97. The van der Waals surface area contributed by atoms with Gasteiger partial charge in [0.15, 0.2) is 0 Å². The van der Waals surface area contributed by atoms with Gasteiger partial charge in [-0.15, -0.1) is 0 Å². The van der Waals surface area contributed by atoms with E-state index in [2.05, 4.69) is 33.0 Å². The molecule has 3 N–H and O–H groups in total. The van der Waals surface area contributed by atoms with Crippen molar-refractivity contribution in [3.8, 4) is 0 Å². The highest BCUT2D eigenvalue weighted by Crippen LogP contribution is 2.30. The third kappa shape index (κ3) is 4.81. The van der Waals surface area contributed by atoms with Gasteiger partial charge in [0.1, 0.15) is 0 Å². The van der Waals surface area contributed by atoms with Crippen molar-refractivity contribution in [1.82, 2.24) is 5.32 Å². The van der Waals surface area contributed by atoms with Gasteiger partial charge < -0.3 is 11.1 Å². The number of carbonyl (C=O) groups excluding carboxylic acids is 1. The van der Waals surface area contributed by atoms with Crippen LogP contribution < -0.4 is 11.1 Å². The maximum absolute atomic E-state index is 12.0. The number of nitrogens with one attached hydrogen (secondary N) is 1. The molecule has 3 nitrogen and oxygen atoms in total. The Bertz CT molecular complexity index is 275. The molecule has 1 aliphatic rings. The van der Waals surface area contributed by atoms with Gasteiger partial charge in [-0.25, -0.2) is 0 Å². The lowest BCUT2D eigenvalue weighted by Gasteiger charge is -2.27. The Hall–Kier alpha value is -0.220. The minimum Gasteiger partial charge on any atom is -0.352 e. The zero-order valence-electron chi connectivity index (χ0n) is 12.2. The van der Waals surface area contributed by atoms with Crippen molar-refractivity contribution in [3.05, 3.63) is 0 Å². The van der Waals surface area contributed by atoms with Crippen molar-refractivity contribution < 1.29 is 4.79 Å². The number of nitrogens with two attached hydrogens (primary N) is 1. The second kappa shape index (κ2) is 6.80. The van der Waals surface area contributed by atoms with Gasteiger partial charge in [-0.05, 0) is 24.0 Å². The molecule has 0 bridgehead atoms. The first-order chi connectivity index (χ1) is 8.34. The van der Waals surface area contributed by atoms with Crippen LogP contribution in [0.5, 0.6) is 0 Å². The SMILES string of the molecule is CCSC1CCCC1NC(=O)CC(N)C(C)(C)C. The van der Waals surface area contributed by atoms with Crippen LogP contribution in [0, 0.1) is 5.41 Å². The van der Waals surface area contributed by atoms with Crippen LogP contribution in [0.2, 0.25) is 0 Å². The van der Waals surface area contributed by atoms with Gasteiger partial charge in [-0.1, -0.05) is 34.1 Å². The summed E-state index contributed by atoms with van der Waals surface area (Å²) in [7, 11) is 0. The number of amides is 1. The summed E-state index contributed by atoms with van der Waals surface area (Å²) in [5, 5.41) is 3.78. The van der Waals surface area contributed by atoms with Crippen molar-refractivity contribution in [2.45, 2.75) is 70.7 Å². The van der Waals surface area contributed by atoms with E-state index in [9.17, 15) is 4.79 Å². The minimum absolute atomic E-state index is 0.00934. The fourth-order valence-corrected chi connectivity index (χ4v) is 3.47. The smallest absolute Gasteiger partial charge is 0.221 e. The van der Waals surface area contributed by atoms with Gasteiger partial charge in [0.05, 0.1) is 0 Å². The molecule has 4 heteroatoms. The molecule has 1 saturated carbocycles. The summed E-state index contributed by atoms with van der Waals surface area (Å²) in [5.74, 6) is 1.24. The molecule has 18 heavy (non-hydrogen) atoms. The molecule has 106 valence electrons. The number of hydrogen-bond acceptors (Lipinski definition) is 3. The quantitative estimate of drug-likeness (QED) is 0.808. The maximum atomic E-state index is 12.0. The topological polar surface area (TPSA) is 55.1 Å². The average Bonchev–Trinajstić information content (AvgIpc) is 2.64. The normalized spacial score (nSPS) is 26.1. The first-order valence-electron chi connectivity index (χ1n) is 7.01. The van der Waals surface area contributed by atoms with E-state index in [-0.39, 0.29) is 17.4 Å². The Morgan fingerprint density at radius 3 is 2.67 bits per heavy atom. The fourth-order valence-electron chi connectivity index (χ4n) is 2.28. The predicted octanol–water partition coefficient (Wildman–Crippen LogP) is 2.54. The van der Waals surface area contributed by atoms with Crippen LogP contribution in [0.25, 0.3) is 0 Å². The maximum Gasteiger partial charge on any atom is 0.221 e. The molecule has 0 aliphatic heterocycles. The lowest BCUT2D eigenvalue weighted by molar-refractivity contribution is -0.122. The van der Waals surface area contributed by atoms with Crippen LogP contribution in [-0.4, -0.2) is 29.0 Å². The average molecular weight is 272 g/mol. The first kappa shape index (κ1) is 15.8. The van der Waals surface area contributed by atoms with Crippen molar-refractivity contribution in [2.24, 2.45) is 11.1 Å². The summed E-state index contributed by atoms with van der Waals surface area (Å²) in [6.07, 6.45) is 4.01. The summed E-state index contributed by atoms with van der Waals surface area (Å²) < 4.78 is 0. The highest BCUT2D eigenvalue weighted by atomic mass is 32.2. The largest absolute Gasteiger partial charge is 0.352 e. The van der Waals surface area contributed by atoms with Crippen LogP contribution in [0.3, 0.4) is 0 Å². The van der Waals surface area contributed by atoms with E-state index < -0.39 is 0 Å². The van der Waals surface area contributed by atoms with Gasteiger partial charge in [0, 0.05) is 23.8 Å². The minimum atomic E-state index is -0.0730. The second-order valence-corrected chi connectivity index (χ2v) is 7.79. The van der Waals surface area contributed by atoms with Crippen molar-refractivity contribution in [3.63, 3.8) is 0 Å². The predicted molar refractivity (Wildman–Crippen MR) is 79.7 cm³/mol. The molecule has 3 unspecified atom stereocenters. The molecule has 0 radical (unpaired) electrons. The van der Waals surface area contributed by atoms with Gasteiger partial charge in [-0.3, -0.25) is 4.79 Å². The van der Waals surface area contributed by atoms with Gasteiger partial charge in [-0.2, -0.15) is 11.8 Å². The Balaban J connectivity index is 2.40. The van der Waals surface area contributed by atoms with E-state index in [0.717, 1.165) is 12.2 Å². The van der Waals surface area contributed by atoms with E-state index in [1.165, 1.54) is 12.8 Å². The van der Waals surface area contributed by atoms with Crippen LogP contribution >= 0.6 is 11.8 Å². The number of rotatable bonds is 5. The van der Waals surface area contributed by atoms with E-state index in [1.54, 1.807) is 0 Å². The number of carbonyl (C=O) groups is 1. The molecule has 0 saturated heterocycles. The number of thioether (sulfide) groups is 1. The summed E-state index contributed by atoms with van der Waals surface area (Å²) in [6.45, 7) is 8.42. The molecule has 0 heterocycles. The third-order valence-corrected chi connectivity index (χ3v) is 5.02. The molecular weight excluding hydrogens is 244 g/mol.